The molecule has 1 fully saturated rings. The minimum Gasteiger partial charge on any atom is -0.350 e. The van der Waals surface area contributed by atoms with Gasteiger partial charge in [0.05, 0.1) is 21.2 Å². The van der Waals surface area contributed by atoms with Gasteiger partial charge in [-0.2, -0.15) is 0 Å². The molecule has 3 rings (SSSR count). The predicted molar refractivity (Wildman–Crippen MR) is 112 cm³/mol. The number of nitrogens with zero attached hydrogens (tertiary/aromatic N) is 2. The highest BCUT2D eigenvalue weighted by Crippen LogP contribution is 2.27. The van der Waals surface area contributed by atoms with E-state index in [1.807, 2.05) is 0 Å². The zero-order chi connectivity index (χ0) is 21.0. The fourth-order valence-electron chi connectivity index (χ4n) is 3.11. The van der Waals surface area contributed by atoms with E-state index in [9.17, 15) is 18.0 Å². The first-order chi connectivity index (χ1) is 13.8. The molecular weight excluding hydrogens is 414 g/mol. The normalized spacial score (nSPS) is 14.1. The van der Waals surface area contributed by atoms with Crippen molar-refractivity contribution in [2.75, 3.05) is 31.0 Å². The lowest BCUT2D eigenvalue weighted by atomic mass is 10.2. The summed E-state index contributed by atoms with van der Waals surface area (Å²) in [4.78, 5) is 25.9. The Morgan fingerprint density at radius 3 is 2.55 bits per heavy atom. The van der Waals surface area contributed by atoms with Gasteiger partial charge in [-0.15, -0.1) is 0 Å². The molecule has 1 aliphatic heterocycles. The highest BCUT2D eigenvalue weighted by atomic mass is 35.5. The van der Waals surface area contributed by atoms with Crippen LogP contribution in [0.4, 0.5) is 5.69 Å². The lowest BCUT2D eigenvalue weighted by Crippen LogP contribution is -2.35. The number of rotatable bonds is 7. The Kier molecular flexibility index (Phi) is 6.44. The quantitative estimate of drug-likeness (QED) is 0.724. The van der Waals surface area contributed by atoms with Crippen LogP contribution in [-0.2, 0) is 14.8 Å². The van der Waals surface area contributed by atoms with E-state index in [0.29, 0.717) is 31.7 Å². The first-order valence-corrected chi connectivity index (χ1v) is 11.0. The van der Waals surface area contributed by atoms with Gasteiger partial charge in [0.25, 0.3) is 15.9 Å². The molecule has 2 aromatic carbocycles. The van der Waals surface area contributed by atoms with Crippen molar-refractivity contribution in [1.82, 2.24) is 10.2 Å². The van der Waals surface area contributed by atoms with Crippen molar-refractivity contribution in [3.05, 3.63) is 59.1 Å². The molecule has 0 bridgehead atoms. The summed E-state index contributed by atoms with van der Waals surface area (Å²) in [6.45, 7) is 1.50. The van der Waals surface area contributed by atoms with E-state index in [0.717, 1.165) is 10.7 Å². The van der Waals surface area contributed by atoms with E-state index in [1.165, 1.54) is 37.4 Å². The minimum absolute atomic E-state index is 0.101. The van der Waals surface area contributed by atoms with E-state index in [1.54, 1.807) is 23.1 Å². The number of halogens is 1. The number of anilines is 1. The van der Waals surface area contributed by atoms with E-state index in [-0.39, 0.29) is 27.3 Å². The maximum absolute atomic E-state index is 12.7. The van der Waals surface area contributed by atoms with Gasteiger partial charge < -0.3 is 10.2 Å². The molecule has 0 unspecified atom stereocenters. The summed E-state index contributed by atoms with van der Waals surface area (Å²) in [6.07, 6.45) is 1.40. The van der Waals surface area contributed by atoms with Crippen molar-refractivity contribution < 1.29 is 18.0 Å². The smallest absolute Gasteiger partial charge is 0.264 e. The van der Waals surface area contributed by atoms with Gasteiger partial charge in [-0.05, 0) is 36.8 Å². The summed E-state index contributed by atoms with van der Waals surface area (Å²) in [7, 11) is -2.30. The van der Waals surface area contributed by atoms with E-state index >= 15 is 0 Å². The van der Waals surface area contributed by atoms with Gasteiger partial charge in [-0.1, -0.05) is 29.8 Å². The molecule has 29 heavy (non-hydrogen) atoms. The Labute approximate surface area is 175 Å². The van der Waals surface area contributed by atoms with E-state index < -0.39 is 10.0 Å². The van der Waals surface area contributed by atoms with Crippen molar-refractivity contribution in [1.29, 1.82) is 0 Å². The molecule has 0 saturated carbocycles. The molecule has 1 aliphatic rings. The molecule has 0 radical (unpaired) electrons. The maximum atomic E-state index is 12.7. The number of nitrogens with one attached hydrogen (secondary N) is 1. The van der Waals surface area contributed by atoms with Gasteiger partial charge in [-0.3, -0.25) is 13.9 Å². The van der Waals surface area contributed by atoms with Crippen LogP contribution >= 0.6 is 11.6 Å². The fraction of sp³-hybridized carbons (Fsp3) is 0.300. The Hall–Kier alpha value is -2.58. The van der Waals surface area contributed by atoms with Crippen LogP contribution in [-0.4, -0.2) is 51.8 Å². The summed E-state index contributed by atoms with van der Waals surface area (Å²) in [5, 5.41) is 2.89. The van der Waals surface area contributed by atoms with Gasteiger partial charge >= 0.3 is 0 Å². The maximum Gasteiger partial charge on any atom is 0.264 e. The SMILES string of the molecule is CN(c1ccc(C(=O)NCCN2CCCC2=O)c(Cl)c1)S(=O)(=O)c1ccccc1. The number of hydrogen-bond acceptors (Lipinski definition) is 4. The second-order valence-corrected chi connectivity index (χ2v) is 9.07. The van der Waals surface area contributed by atoms with E-state index in [4.69, 9.17) is 11.6 Å². The average Bonchev–Trinajstić information content (AvgIpc) is 3.12. The van der Waals surface area contributed by atoms with Crippen LogP contribution in [0.3, 0.4) is 0 Å². The Morgan fingerprint density at radius 2 is 1.93 bits per heavy atom. The molecule has 7 nitrogen and oxygen atoms in total. The number of likely N-dealkylation sites (tertiary alicyclic amines) is 1. The Morgan fingerprint density at radius 1 is 1.21 bits per heavy atom. The minimum atomic E-state index is -3.73. The topological polar surface area (TPSA) is 86.8 Å². The zero-order valence-corrected chi connectivity index (χ0v) is 17.5. The van der Waals surface area contributed by atoms with Crippen LogP contribution in [0, 0.1) is 0 Å². The predicted octanol–water partition coefficient (Wildman–Crippen LogP) is 2.52. The lowest BCUT2D eigenvalue weighted by Gasteiger charge is -2.20. The summed E-state index contributed by atoms with van der Waals surface area (Å²) < 4.78 is 26.6. The standard InChI is InChI=1S/C20H22ClN3O4S/c1-23(29(27,28)16-6-3-2-4-7-16)15-9-10-17(18(21)14-15)20(26)22-11-13-24-12-5-8-19(24)25/h2-4,6-7,9-10,14H,5,8,11-13H2,1H3,(H,22,26). The number of sulfonamides is 1. The molecule has 0 spiro atoms. The molecule has 2 amide bonds. The Balaban J connectivity index is 1.67. The third-order valence-corrected chi connectivity index (χ3v) is 6.91. The molecule has 1 N–H and O–H groups in total. The second kappa shape index (κ2) is 8.84. The molecule has 0 aliphatic carbocycles. The van der Waals surface area contributed by atoms with Gasteiger partial charge in [0.2, 0.25) is 5.91 Å². The van der Waals surface area contributed by atoms with Crippen molar-refractivity contribution in [2.24, 2.45) is 0 Å². The van der Waals surface area contributed by atoms with Crippen LogP contribution in [0.2, 0.25) is 5.02 Å². The summed E-state index contributed by atoms with van der Waals surface area (Å²) in [5.74, 6) is -0.272. The van der Waals surface area contributed by atoms with Gasteiger partial charge in [-0.25, -0.2) is 8.42 Å². The van der Waals surface area contributed by atoms with Crippen LogP contribution in [0.15, 0.2) is 53.4 Å². The highest BCUT2D eigenvalue weighted by molar-refractivity contribution is 7.92. The number of carbonyl (C=O) groups is 2. The van der Waals surface area contributed by atoms with Crippen molar-refractivity contribution in [2.45, 2.75) is 17.7 Å². The molecule has 9 heteroatoms. The lowest BCUT2D eigenvalue weighted by molar-refractivity contribution is -0.127. The van der Waals surface area contributed by atoms with Crippen LogP contribution < -0.4 is 9.62 Å². The van der Waals surface area contributed by atoms with Crippen molar-refractivity contribution in [3.63, 3.8) is 0 Å². The largest absolute Gasteiger partial charge is 0.350 e. The number of benzene rings is 2. The van der Waals surface area contributed by atoms with Crippen molar-refractivity contribution in [3.8, 4) is 0 Å². The zero-order valence-electron chi connectivity index (χ0n) is 16.0. The molecule has 1 saturated heterocycles. The molecular formula is C20H22ClN3O4S. The van der Waals surface area contributed by atoms with Gasteiger partial charge in [0, 0.05) is 33.1 Å². The number of carbonyl (C=O) groups excluding carboxylic acids is 2. The van der Waals surface area contributed by atoms with Crippen LogP contribution in [0.25, 0.3) is 0 Å². The summed E-state index contributed by atoms with van der Waals surface area (Å²) >= 11 is 6.25. The first kappa shape index (κ1) is 21.1. The Bertz CT molecular complexity index is 1010. The van der Waals surface area contributed by atoms with Gasteiger partial charge in [0.15, 0.2) is 0 Å². The van der Waals surface area contributed by atoms with Crippen molar-refractivity contribution >= 4 is 39.1 Å². The molecule has 2 aromatic rings. The molecule has 1 heterocycles. The monoisotopic (exact) mass is 435 g/mol. The van der Waals surface area contributed by atoms with Crippen LogP contribution in [0.1, 0.15) is 23.2 Å². The third kappa shape index (κ3) is 4.71. The molecule has 0 aromatic heterocycles. The number of amides is 2. The highest BCUT2D eigenvalue weighted by Gasteiger charge is 2.23. The first-order valence-electron chi connectivity index (χ1n) is 9.20. The average molecular weight is 436 g/mol. The number of hydrogen-bond donors (Lipinski definition) is 1. The fourth-order valence-corrected chi connectivity index (χ4v) is 4.58. The van der Waals surface area contributed by atoms with E-state index in [2.05, 4.69) is 5.32 Å². The van der Waals surface area contributed by atoms with Gasteiger partial charge in [0.1, 0.15) is 0 Å². The van der Waals surface area contributed by atoms with Crippen LogP contribution in [0.5, 0.6) is 0 Å². The summed E-state index contributed by atoms with van der Waals surface area (Å²) in [6, 6.07) is 12.5. The second-order valence-electron chi connectivity index (χ2n) is 6.69. The molecule has 154 valence electrons. The third-order valence-electron chi connectivity index (χ3n) is 4.80. The molecule has 0 atom stereocenters. The summed E-state index contributed by atoms with van der Waals surface area (Å²) in [5.41, 5.74) is 0.590.